The molecule has 0 unspecified atom stereocenters. The van der Waals surface area contributed by atoms with E-state index in [1.165, 1.54) is 12.1 Å². The third-order valence-electron chi connectivity index (χ3n) is 4.03. The average Bonchev–Trinajstić information content (AvgIpc) is 2.64. The van der Waals surface area contributed by atoms with E-state index in [0.29, 0.717) is 25.0 Å². The van der Waals surface area contributed by atoms with Gasteiger partial charge >= 0.3 is 0 Å². The van der Waals surface area contributed by atoms with Gasteiger partial charge in [-0.1, -0.05) is 30.8 Å². The molecule has 6 heteroatoms. The number of carbonyl (C=O) groups excluding carboxylic acids is 2. The van der Waals surface area contributed by atoms with Crippen LogP contribution in [0.5, 0.6) is 11.5 Å². The van der Waals surface area contributed by atoms with Crippen LogP contribution in [0, 0.1) is 0 Å². The normalized spacial score (nSPS) is 11.4. The van der Waals surface area contributed by atoms with Crippen molar-refractivity contribution in [2.75, 3.05) is 6.54 Å². The molecule has 0 aliphatic rings. The molecule has 0 fully saturated rings. The van der Waals surface area contributed by atoms with Gasteiger partial charge in [-0.05, 0) is 48.7 Å². The number of amides is 2. The Morgan fingerprint density at radius 3 is 2.00 bits per heavy atom. The Kier molecular flexibility index (Phi) is 7.00. The van der Waals surface area contributed by atoms with Gasteiger partial charge in [0, 0.05) is 18.5 Å². The molecule has 0 aromatic heterocycles. The number of rotatable bonds is 8. The number of phenols is 2. The number of nitrogens with one attached hydrogen (secondary N) is 2. The second kappa shape index (κ2) is 9.43. The summed E-state index contributed by atoms with van der Waals surface area (Å²) in [6.45, 7) is 5.58. The summed E-state index contributed by atoms with van der Waals surface area (Å²) in [6.07, 6.45) is 0.900. The molecule has 6 nitrogen and oxygen atoms in total. The predicted octanol–water partition coefficient (Wildman–Crippen LogP) is 2.06. The lowest BCUT2D eigenvalue weighted by Crippen LogP contribution is -2.48. The standard InChI is InChI=1S/C21H24N2O4/c1-14(2)20(26)23-19(13-16-5-9-18(25)10-6-16)21(27)22-12-11-15-3-7-17(24)8-4-15/h3-10,19,24-25H,1,11-13H2,2H3,(H,22,27)(H,23,26)/t19-/m0/s1. The molecule has 2 aromatic carbocycles. The Bertz CT molecular complexity index is 798. The third-order valence-corrected chi connectivity index (χ3v) is 4.03. The highest BCUT2D eigenvalue weighted by molar-refractivity contribution is 5.96. The van der Waals surface area contributed by atoms with Crippen molar-refractivity contribution in [2.45, 2.75) is 25.8 Å². The van der Waals surface area contributed by atoms with Crippen LogP contribution in [-0.4, -0.2) is 34.6 Å². The zero-order valence-corrected chi connectivity index (χ0v) is 15.2. The van der Waals surface area contributed by atoms with Crippen LogP contribution >= 0.6 is 0 Å². The average molecular weight is 368 g/mol. The molecule has 27 heavy (non-hydrogen) atoms. The Labute approximate surface area is 158 Å². The van der Waals surface area contributed by atoms with E-state index in [4.69, 9.17) is 0 Å². The van der Waals surface area contributed by atoms with Crippen LogP contribution in [0.2, 0.25) is 0 Å². The van der Waals surface area contributed by atoms with Gasteiger partial charge in [-0.2, -0.15) is 0 Å². The first-order valence-corrected chi connectivity index (χ1v) is 8.65. The van der Waals surface area contributed by atoms with Crippen LogP contribution in [0.4, 0.5) is 0 Å². The molecule has 0 radical (unpaired) electrons. The van der Waals surface area contributed by atoms with Crippen LogP contribution < -0.4 is 10.6 Å². The molecular formula is C21H24N2O4. The first-order valence-electron chi connectivity index (χ1n) is 8.65. The van der Waals surface area contributed by atoms with E-state index in [1.54, 1.807) is 43.3 Å². The number of phenolic OH excluding ortho intramolecular Hbond substituents is 2. The predicted molar refractivity (Wildman–Crippen MR) is 103 cm³/mol. The summed E-state index contributed by atoms with van der Waals surface area (Å²) in [6, 6.07) is 12.5. The van der Waals surface area contributed by atoms with Gasteiger partial charge < -0.3 is 20.8 Å². The van der Waals surface area contributed by atoms with Gasteiger partial charge in [0.05, 0.1) is 0 Å². The van der Waals surface area contributed by atoms with E-state index < -0.39 is 6.04 Å². The molecule has 0 saturated carbocycles. The monoisotopic (exact) mass is 368 g/mol. The van der Waals surface area contributed by atoms with E-state index in [0.717, 1.165) is 11.1 Å². The molecule has 4 N–H and O–H groups in total. The fourth-order valence-electron chi connectivity index (χ4n) is 2.47. The van der Waals surface area contributed by atoms with E-state index >= 15 is 0 Å². The number of carbonyl (C=O) groups is 2. The van der Waals surface area contributed by atoms with Gasteiger partial charge in [0.1, 0.15) is 17.5 Å². The maximum Gasteiger partial charge on any atom is 0.246 e. The largest absolute Gasteiger partial charge is 0.508 e. The molecule has 0 aliphatic carbocycles. The molecule has 2 amide bonds. The fraction of sp³-hybridized carbons (Fsp3) is 0.238. The Morgan fingerprint density at radius 1 is 0.963 bits per heavy atom. The highest BCUT2D eigenvalue weighted by Crippen LogP contribution is 2.12. The van der Waals surface area contributed by atoms with Crippen LogP contribution in [0.3, 0.4) is 0 Å². The van der Waals surface area contributed by atoms with Gasteiger partial charge in [0.15, 0.2) is 0 Å². The summed E-state index contributed by atoms with van der Waals surface area (Å²) >= 11 is 0. The fourth-order valence-corrected chi connectivity index (χ4v) is 2.47. The topological polar surface area (TPSA) is 98.7 Å². The van der Waals surface area contributed by atoms with Crippen molar-refractivity contribution in [3.63, 3.8) is 0 Å². The van der Waals surface area contributed by atoms with Crippen LogP contribution in [0.25, 0.3) is 0 Å². The van der Waals surface area contributed by atoms with Gasteiger partial charge in [-0.3, -0.25) is 9.59 Å². The molecule has 0 spiro atoms. The Hall–Kier alpha value is -3.28. The van der Waals surface area contributed by atoms with Crippen LogP contribution in [-0.2, 0) is 22.4 Å². The van der Waals surface area contributed by atoms with Crippen molar-refractivity contribution in [3.05, 3.63) is 71.8 Å². The minimum absolute atomic E-state index is 0.139. The Morgan fingerprint density at radius 2 is 1.48 bits per heavy atom. The molecule has 0 heterocycles. The zero-order valence-electron chi connectivity index (χ0n) is 15.2. The lowest BCUT2D eigenvalue weighted by atomic mass is 10.0. The third kappa shape index (κ3) is 6.51. The first-order chi connectivity index (χ1) is 12.8. The van der Waals surface area contributed by atoms with Crippen molar-refractivity contribution in [1.82, 2.24) is 10.6 Å². The maximum absolute atomic E-state index is 12.6. The van der Waals surface area contributed by atoms with E-state index in [1.807, 2.05) is 0 Å². The van der Waals surface area contributed by atoms with Gasteiger partial charge in [-0.15, -0.1) is 0 Å². The lowest BCUT2D eigenvalue weighted by Gasteiger charge is -2.19. The molecule has 0 aliphatic heterocycles. The van der Waals surface area contributed by atoms with Crippen molar-refractivity contribution < 1.29 is 19.8 Å². The van der Waals surface area contributed by atoms with Gasteiger partial charge in [-0.25, -0.2) is 0 Å². The van der Waals surface area contributed by atoms with Crippen molar-refractivity contribution in [3.8, 4) is 11.5 Å². The van der Waals surface area contributed by atoms with Crippen molar-refractivity contribution >= 4 is 11.8 Å². The highest BCUT2D eigenvalue weighted by Gasteiger charge is 2.21. The van der Waals surface area contributed by atoms with Crippen LogP contribution in [0.1, 0.15) is 18.1 Å². The maximum atomic E-state index is 12.6. The second-order valence-corrected chi connectivity index (χ2v) is 6.38. The molecule has 0 bridgehead atoms. The molecule has 2 aromatic rings. The van der Waals surface area contributed by atoms with Crippen molar-refractivity contribution in [1.29, 1.82) is 0 Å². The highest BCUT2D eigenvalue weighted by atomic mass is 16.3. The summed E-state index contributed by atoms with van der Waals surface area (Å²) in [5.41, 5.74) is 2.12. The van der Waals surface area contributed by atoms with E-state index in [-0.39, 0.29) is 23.3 Å². The quantitative estimate of drug-likeness (QED) is 0.536. The van der Waals surface area contributed by atoms with Gasteiger partial charge in [0.25, 0.3) is 0 Å². The molecule has 0 saturated heterocycles. The smallest absolute Gasteiger partial charge is 0.246 e. The lowest BCUT2D eigenvalue weighted by molar-refractivity contribution is -0.127. The minimum Gasteiger partial charge on any atom is -0.508 e. The molecule has 142 valence electrons. The summed E-state index contributed by atoms with van der Waals surface area (Å²) < 4.78 is 0. The summed E-state index contributed by atoms with van der Waals surface area (Å²) in [5.74, 6) is -0.345. The van der Waals surface area contributed by atoms with E-state index in [9.17, 15) is 19.8 Å². The van der Waals surface area contributed by atoms with Crippen LogP contribution in [0.15, 0.2) is 60.7 Å². The molecular weight excluding hydrogens is 344 g/mol. The second-order valence-electron chi connectivity index (χ2n) is 6.38. The summed E-state index contributed by atoms with van der Waals surface area (Å²) in [4.78, 5) is 24.5. The SMILES string of the molecule is C=C(C)C(=O)N[C@@H](Cc1ccc(O)cc1)C(=O)NCCc1ccc(O)cc1. The first kappa shape index (κ1) is 20.0. The molecule has 2 rings (SSSR count). The number of aromatic hydroxyl groups is 2. The Balaban J connectivity index is 1.98. The van der Waals surface area contributed by atoms with E-state index in [2.05, 4.69) is 17.2 Å². The number of hydrogen-bond donors (Lipinski definition) is 4. The summed E-state index contributed by atoms with van der Waals surface area (Å²) in [7, 11) is 0. The zero-order chi connectivity index (χ0) is 19.8. The minimum atomic E-state index is -0.751. The number of benzene rings is 2. The van der Waals surface area contributed by atoms with Gasteiger partial charge in [0.2, 0.25) is 11.8 Å². The molecule has 1 atom stereocenters. The van der Waals surface area contributed by atoms with Crippen molar-refractivity contribution in [2.24, 2.45) is 0 Å². The number of hydrogen-bond acceptors (Lipinski definition) is 4. The summed E-state index contributed by atoms with van der Waals surface area (Å²) in [5, 5.41) is 24.2.